The van der Waals surface area contributed by atoms with Crippen molar-refractivity contribution in [3.8, 4) is 0 Å². The normalized spacial score (nSPS) is 27.2. The molecule has 10 nitrogen and oxygen atoms in total. The number of hydrogen-bond acceptors (Lipinski definition) is 8. The molecule has 3 unspecified atom stereocenters. The third-order valence-electron chi connectivity index (χ3n) is 6.75. The van der Waals surface area contributed by atoms with Crippen molar-refractivity contribution >= 4 is 38.3 Å². The van der Waals surface area contributed by atoms with Gasteiger partial charge in [0.1, 0.15) is 27.2 Å². The van der Waals surface area contributed by atoms with Crippen LogP contribution in [0.25, 0.3) is 9.69 Å². The lowest BCUT2D eigenvalue weighted by molar-refractivity contribution is -0.0785. The lowest BCUT2D eigenvalue weighted by Gasteiger charge is -2.42. The van der Waals surface area contributed by atoms with Crippen molar-refractivity contribution in [2.45, 2.75) is 82.5 Å². The van der Waals surface area contributed by atoms with E-state index < -0.39 is 41.9 Å². The van der Waals surface area contributed by atoms with Crippen LogP contribution >= 0.6 is 15.8 Å². The fourth-order valence-electron chi connectivity index (χ4n) is 3.59. The number of hydrogen-bond donors (Lipinski definition) is 0. The van der Waals surface area contributed by atoms with E-state index in [1.165, 1.54) is 7.11 Å². The monoisotopic (exact) mass is 564 g/mol. The summed E-state index contributed by atoms with van der Waals surface area (Å²) in [5, 5.41) is -0.0372. The Hall–Kier alpha value is -0.488. The number of nitrogens with zero attached hydrogens (tertiary/aromatic N) is 2. The van der Waals surface area contributed by atoms with Gasteiger partial charge in [-0.2, -0.15) is 0 Å². The molecule has 0 aromatic carbocycles. The molecule has 1 fully saturated rings. The van der Waals surface area contributed by atoms with Crippen molar-refractivity contribution < 1.29 is 36.3 Å². The zero-order valence-corrected chi connectivity index (χ0v) is 25.9. The lowest BCUT2D eigenvalue weighted by atomic mass is 9.86. The summed E-state index contributed by atoms with van der Waals surface area (Å²) in [5.41, 5.74) is -0.838. The van der Waals surface area contributed by atoms with Crippen LogP contribution in [0.3, 0.4) is 0 Å². The first-order valence-electron chi connectivity index (χ1n) is 12.1. The van der Waals surface area contributed by atoms with E-state index in [2.05, 4.69) is 49.9 Å². The minimum Gasteiger partial charge on any atom is -0.409 e. The zero-order valence-electron chi connectivity index (χ0n) is 23.0. The van der Waals surface area contributed by atoms with E-state index in [0.29, 0.717) is 12.8 Å². The summed E-state index contributed by atoms with van der Waals surface area (Å²) in [7, 11) is -4.57. The highest BCUT2D eigenvalue weighted by atomic mass is 31.2. The van der Waals surface area contributed by atoms with Crippen molar-refractivity contribution in [3.63, 3.8) is 0 Å². The SMILES string of the molecule is B[C@@H]1O[C@@](CC)(CCO[PH](=O)OCC[N+]#[C-])[C@H](OP(=C)(OC)OCC[N+]#[C-])C1O[Si](C)(C)C(C)(C)C. The molecule has 0 spiro atoms. The molecule has 14 heteroatoms. The fraction of sp³-hybridized carbons (Fsp3) is 0.864. The molecule has 1 saturated heterocycles. The van der Waals surface area contributed by atoms with Crippen LogP contribution in [0.15, 0.2) is 0 Å². The van der Waals surface area contributed by atoms with Gasteiger partial charge >= 0.3 is 8.25 Å². The molecular formula is C22H43BN2O8P2Si. The molecule has 0 aliphatic carbocycles. The molecule has 1 heterocycles. The van der Waals surface area contributed by atoms with Crippen molar-refractivity contribution in [1.82, 2.24) is 0 Å². The van der Waals surface area contributed by atoms with Gasteiger partial charge in [-0.05, 0) is 30.9 Å². The summed E-state index contributed by atoms with van der Waals surface area (Å²) in [6, 6.07) is -0.301. The maximum atomic E-state index is 12.1. The molecule has 0 saturated carbocycles. The van der Waals surface area contributed by atoms with Gasteiger partial charge in [-0.3, -0.25) is 4.57 Å². The van der Waals surface area contributed by atoms with Gasteiger partial charge in [-0.15, -0.1) is 0 Å². The van der Waals surface area contributed by atoms with Crippen LogP contribution < -0.4 is 0 Å². The summed E-state index contributed by atoms with van der Waals surface area (Å²) >= 11 is 0. The second-order valence-electron chi connectivity index (χ2n) is 10.2. The Kier molecular flexibility index (Phi) is 13.6. The second-order valence-corrected chi connectivity index (χ2v) is 18.1. The molecule has 36 heavy (non-hydrogen) atoms. The molecule has 0 bridgehead atoms. The Morgan fingerprint density at radius 2 is 1.75 bits per heavy atom. The van der Waals surface area contributed by atoms with Crippen molar-refractivity contribution in [2.75, 3.05) is 40.0 Å². The van der Waals surface area contributed by atoms with E-state index >= 15 is 0 Å². The van der Waals surface area contributed by atoms with Crippen LogP contribution in [-0.2, 0) is 36.3 Å². The predicted molar refractivity (Wildman–Crippen MR) is 149 cm³/mol. The van der Waals surface area contributed by atoms with E-state index in [1.54, 1.807) is 0 Å². The second kappa shape index (κ2) is 14.6. The molecule has 0 aromatic rings. The maximum Gasteiger partial charge on any atom is 0.319 e. The van der Waals surface area contributed by atoms with Crippen LogP contribution in [0.2, 0.25) is 18.1 Å². The Labute approximate surface area is 220 Å². The Balaban J connectivity index is 3.23. The van der Waals surface area contributed by atoms with Crippen molar-refractivity contribution in [3.05, 3.63) is 22.8 Å². The fourth-order valence-corrected chi connectivity index (χ4v) is 6.82. The number of ether oxygens (including phenoxy) is 1. The van der Waals surface area contributed by atoms with Gasteiger partial charge in [0.2, 0.25) is 13.1 Å². The molecule has 1 aliphatic rings. The Morgan fingerprint density at radius 3 is 2.28 bits per heavy atom. The molecule has 1 aliphatic heterocycles. The van der Waals surface area contributed by atoms with E-state index in [-0.39, 0.29) is 44.0 Å². The van der Waals surface area contributed by atoms with Crippen LogP contribution in [0.5, 0.6) is 0 Å². The quantitative estimate of drug-likeness (QED) is 0.118. The van der Waals surface area contributed by atoms with Gasteiger partial charge in [0.15, 0.2) is 8.32 Å². The third kappa shape index (κ3) is 9.36. The van der Waals surface area contributed by atoms with Gasteiger partial charge in [0, 0.05) is 13.5 Å². The number of rotatable bonds is 16. The van der Waals surface area contributed by atoms with Crippen LogP contribution in [0, 0.1) is 13.1 Å². The average Bonchev–Trinajstić information content (AvgIpc) is 3.04. The Bertz CT molecular complexity index is 860. The Morgan fingerprint density at radius 1 is 1.17 bits per heavy atom. The van der Waals surface area contributed by atoms with Gasteiger partial charge < -0.3 is 41.5 Å². The van der Waals surface area contributed by atoms with Crippen LogP contribution in [-0.4, -0.2) is 86.3 Å². The van der Waals surface area contributed by atoms with Crippen molar-refractivity contribution in [2.24, 2.45) is 0 Å². The van der Waals surface area contributed by atoms with Gasteiger partial charge in [0.25, 0.3) is 7.57 Å². The van der Waals surface area contributed by atoms with E-state index in [0.717, 1.165) is 0 Å². The van der Waals surface area contributed by atoms with Crippen LogP contribution in [0.1, 0.15) is 40.5 Å². The highest BCUT2D eigenvalue weighted by Crippen LogP contribution is 2.55. The largest absolute Gasteiger partial charge is 0.409 e. The topological polar surface area (TPSA) is 90.4 Å². The van der Waals surface area contributed by atoms with Gasteiger partial charge in [-0.25, -0.2) is 13.1 Å². The highest BCUT2D eigenvalue weighted by Gasteiger charge is 2.57. The lowest BCUT2D eigenvalue weighted by Crippen LogP contribution is -2.52. The smallest absolute Gasteiger partial charge is 0.319 e. The first-order valence-corrected chi connectivity index (χ1v) is 18.0. The minimum absolute atomic E-state index is 0.0372. The van der Waals surface area contributed by atoms with Gasteiger partial charge in [-0.1, -0.05) is 27.7 Å². The molecule has 0 radical (unpaired) electrons. The molecule has 0 amide bonds. The maximum absolute atomic E-state index is 12.1. The summed E-state index contributed by atoms with van der Waals surface area (Å²) < 4.78 is 53.9. The molecule has 0 aromatic heterocycles. The highest BCUT2D eigenvalue weighted by molar-refractivity contribution is 7.59. The predicted octanol–water partition coefficient (Wildman–Crippen LogP) is 4.41. The van der Waals surface area contributed by atoms with E-state index in [9.17, 15) is 4.57 Å². The van der Waals surface area contributed by atoms with Gasteiger partial charge in [0.05, 0.1) is 24.3 Å². The summed E-state index contributed by atoms with van der Waals surface area (Å²) in [6.07, 6.45) is 4.01. The molecule has 1 rings (SSSR count). The molecule has 206 valence electrons. The molecular weight excluding hydrogens is 521 g/mol. The summed E-state index contributed by atoms with van der Waals surface area (Å²) in [6.45, 7) is 27.3. The third-order valence-corrected chi connectivity index (χ3v) is 13.8. The summed E-state index contributed by atoms with van der Waals surface area (Å²) in [5.74, 6) is 0. The summed E-state index contributed by atoms with van der Waals surface area (Å²) in [4.78, 5) is 6.50. The zero-order chi connectivity index (χ0) is 27.6. The van der Waals surface area contributed by atoms with Crippen molar-refractivity contribution in [1.29, 1.82) is 0 Å². The first-order chi connectivity index (χ1) is 16.7. The standard InChI is InChI=1S/C22H43BN2O8P2Si/c1-11-22(12-15-28-34(26)29-16-13-24-5)19(32-35(8,27-7)30-17-14-25-6)18(20(23)31-22)33-36(9,10)21(2,3)4/h18-20,34H,8,11-17,23H2,1-4,7,9-10H3/t18?,19-,20-,22+,35?/m1/s1. The molecule has 6 atom stereocenters. The van der Waals surface area contributed by atoms with E-state index in [4.69, 9.17) is 44.9 Å². The first kappa shape index (κ1) is 33.5. The molecule has 0 N–H and O–H groups in total. The average molecular weight is 564 g/mol. The van der Waals surface area contributed by atoms with E-state index in [1.807, 2.05) is 14.8 Å². The van der Waals surface area contributed by atoms with Crippen LogP contribution in [0.4, 0.5) is 0 Å². The minimum atomic E-state index is -3.05.